The van der Waals surface area contributed by atoms with Crippen LogP contribution in [0.5, 0.6) is 0 Å². The van der Waals surface area contributed by atoms with E-state index < -0.39 is 17.7 Å². The van der Waals surface area contributed by atoms with Crippen LogP contribution in [0.15, 0.2) is 29.1 Å². The summed E-state index contributed by atoms with van der Waals surface area (Å²) >= 11 is 0. The van der Waals surface area contributed by atoms with Crippen molar-refractivity contribution in [3.63, 3.8) is 0 Å². The number of hydrogen-bond acceptors (Lipinski definition) is 4. The maximum atomic E-state index is 13.5. The van der Waals surface area contributed by atoms with Crippen molar-refractivity contribution in [3.05, 3.63) is 40.4 Å². The minimum Gasteiger partial charge on any atom is -0.467 e. The number of aromatic amines is 1. The zero-order chi connectivity index (χ0) is 12.4. The van der Waals surface area contributed by atoms with Gasteiger partial charge < -0.3 is 9.72 Å². The van der Waals surface area contributed by atoms with Gasteiger partial charge in [-0.1, -0.05) is 12.1 Å². The van der Waals surface area contributed by atoms with Crippen LogP contribution < -0.4 is 5.56 Å². The molecule has 0 aliphatic heterocycles. The van der Waals surface area contributed by atoms with E-state index in [-0.39, 0.29) is 5.82 Å². The molecule has 5 nitrogen and oxygen atoms in total. The lowest BCUT2D eigenvalue weighted by molar-refractivity contribution is -0.147. The quantitative estimate of drug-likeness (QED) is 0.793. The maximum absolute atomic E-state index is 13.5. The first-order chi connectivity index (χ1) is 8.13. The van der Waals surface area contributed by atoms with Crippen LogP contribution in [0.3, 0.4) is 0 Å². The molecule has 0 aliphatic carbocycles. The lowest BCUT2D eigenvalue weighted by Gasteiger charge is -2.06. The summed E-state index contributed by atoms with van der Waals surface area (Å²) in [6.45, 7) is 0. The smallest absolute Gasteiger partial charge is 0.348 e. The Balaban J connectivity index is 2.58. The first kappa shape index (κ1) is 11.3. The fourth-order valence-electron chi connectivity index (χ4n) is 1.44. The molecule has 0 spiro atoms. The average molecular weight is 236 g/mol. The van der Waals surface area contributed by atoms with Crippen molar-refractivity contribution in [2.75, 3.05) is 7.11 Å². The third-order valence-corrected chi connectivity index (χ3v) is 2.28. The number of methoxy groups -OCH3 is 1. The molecule has 0 unspecified atom stereocenters. The van der Waals surface area contributed by atoms with Crippen LogP contribution in [-0.4, -0.2) is 23.0 Å². The van der Waals surface area contributed by atoms with Crippen molar-refractivity contribution < 1.29 is 13.9 Å². The zero-order valence-corrected chi connectivity index (χ0v) is 8.94. The average Bonchev–Trinajstić information content (AvgIpc) is 2.37. The van der Waals surface area contributed by atoms with E-state index in [4.69, 9.17) is 0 Å². The van der Waals surface area contributed by atoms with E-state index >= 15 is 0 Å². The number of alkyl halides is 1. The van der Waals surface area contributed by atoms with Gasteiger partial charge in [0.25, 0.3) is 11.7 Å². The molecule has 0 fully saturated rings. The summed E-state index contributed by atoms with van der Waals surface area (Å²) in [6, 6.07) is 6.48. The highest BCUT2D eigenvalue weighted by Crippen LogP contribution is 2.15. The van der Waals surface area contributed by atoms with Crippen LogP contribution in [0.2, 0.25) is 0 Å². The number of hydrogen-bond donors (Lipinski definition) is 1. The number of nitrogens with zero attached hydrogens (tertiary/aromatic N) is 1. The first-order valence-electron chi connectivity index (χ1n) is 4.84. The summed E-state index contributed by atoms with van der Waals surface area (Å²) in [5.74, 6) is -1.44. The minimum atomic E-state index is -2.09. The summed E-state index contributed by atoms with van der Waals surface area (Å²) < 4.78 is 17.8. The molecule has 2 aromatic rings. The summed E-state index contributed by atoms with van der Waals surface area (Å²) in [6.07, 6.45) is -2.09. The van der Waals surface area contributed by atoms with Crippen molar-refractivity contribution in [3.8, 4) is 0 Å². The number of para-hydroxylation sites is 1. The SMILES string of the molecule is COC(=O)[C@H](F)c1nc2ccccc2c(=O)[nH]1. The molecule has 2 rings (SSSR count). The molecule has 0 radical (unpaired) electrons. The van der Waals surface area contributed by atoms with Crippen LogP contribution >= 0.6 is 0 Å². The number of fused-ring (bicyclic) bond motifs is 1. The topological polar surface area (TPSA) is 72.0 Å². The molecule has 0 aliphatic rings. The van der Waals surface area contributed by atoms with Gasteiger partial charge in [-0.25, -0.2) is 14.2 Å². The first-order valence-corrected chi connectivity index (χ1v) is 4.84. The van der Waals surface area contributed by atoms with Gasteiger partial charge in [-0.3, -0.25) is 4.79 Å². The van der Waals surface area contributed by atoms with Gasteiger partial charge in [0.1, 0.15) is 0 Å². The molecule has 1 N–H and O–H groups in total. The van der Waals surface area contributed by atoms with Gasteiger partial charge in [0.15, 0.2) is 5.82 Å². The van der Waals surface area contributed by atoms with Crippen molar-refractivity contribution in [1.29, 1.82) is 0 Å². The van der Waals surface area contributed by atoms with Gasteiger partial charge in [0.2, 0.25) is 0 Å². The predicted octanol–water partition coefficient (Wildman–Crippen LogP) is 1.11. The molecular weight excluding hydrogens is 227 g/mol. The van der Waals surface area contributed by atoms with E-state index in [0.29, 0.717) is 10.9 Å². The number of ether oxygens (including phenoxy) is 1. The second-order valence-electron chi connectivity index (χ2n) is 3.35. The van der Waals surface area contributed by atoms with Crippen LogP contribution in [-0.2, 0) is 9.53 Å². The molecule has 88 valence electrons. The largest absolute Gasteiger partial charge is 0.467 e. The van der Waals surface area contributed by atoms with E-state index in [1.807, 2.05) is 0 Å². The van der Waals surface area contributed by atoms with Crippen molar-refractivity contribution in [2.24, 2.45) is 0 Å². The molecule has 6 heteroatoms. The van der Waals surface area contributed by atoms with E-state index in [2.05, 4.69) is 14.7 Å². The molecule has 0 bridgehead atoms. The van der Waals surface area contributed by atoms with Gasteiger partial charge in [-0.2, -0.15) is 0 Å². The molecule has 1 heterocycles. The standard InChI is InChI=1S/C11H9FN2O3/c1-17-11(16)8(12)9-13-7-5-3-2-4-6(7)10(15)14-9/h2-5,8H,1H3,(H,13,14,15)/t8-/m1/s1. The Hall–Kier alpha value is -2.24. The Labute approximate surface area is 95.2 Å². The summed E-state index contributed by atoms with van der Waals surface area (Å²) in [4.78, 5) is 28.7. The molecule has 1 aromatic heterocycles. The van der Waals surface area contributed by atoms with Crippen molar-refractivity contribution >= 4 is 16.9 Å². The maximum Gasteiger partial charge on any atom is 0.348 e. The van der Waals surface area contributed by atoms with E-state index in [1.165, 1.54) is 0 Å². The fourth-order valence-corrected chi connectivity index (χ4v) is 1.44. The molecule has 1 atom stereocenters. The lowest BCUT2D eigenvalue weighted by atomic mass is 10.2. The molecule has 17 heavy (non-hydrogen) atoms. The van der Waals surface area contributed by atoms with Crippen LogP contribution in [0.25, 0.3) is 10.9 Å². The van der Waals surface area contributed by atoms with Crippen LogP contribution in [0, 0.1) is 0 Å². The van der Waals surface area contributed by atoms with E-state index in [0.717, 1.165) is 7.11 Å². The highest BCUT2D eigenvalue weighted by Gasteiger charge is 2.23. The number of H-pyrrole nitrogens is 1. The summed E-state index contributed by atoms with van der Waals surface area (Å²) in [5.41, 5.74) is -0.157. The second kappa shape index (κ2) is 4.32. The number of nitrogens with one attached hydrogen (secondary N) is 1. The Bertz CT molecular complexity index is 623. The summed E-state index contributed by atoms with van der Waals surface area (Å²) in [7, 11) is 1.06. The van der Waals surface area contributed by atoms with Gasteiger partial charge in [-0.05, 0) is 12.1 Å². The minimum absolute atomic E-state index is 0.331. The zero-order valence-electron chi connectivity index (χ0n) is 8.94. The number of rotatable bonds is 2. The lowest BCUT2D eigenvalue weighted by Crippen LogP contribution is -2.18. The number of halogens is 1. The molecular formula is C11H9FN2O3. The van der Waals surface area contributed by atoms with Crippen LogP contribution in [0.1, 0.15) is 12.0 Å². The number of carbonyl (C=O) groups is 1. The van der Waals surface area contributed by atoms with Gasteiger partial charge >= 0.3 is 5.97 Å². The highest BCUT2D eigenvalue weighted by molar-refractivity contribution is 5.79. The molecule has 0 saturated carbocycles. The Morgan fingerprint density at radius 2 is 2.18 bits per heavy atom. The van der Waals surface area contributed by atoms with E-state index in [9.17, 15) is 14.0 Å². The molecule has 0 amide bonds. The normalized spacial score (nSPS) is 12.4. The Morgan fingerprint density at radius 3 is 2.88 bits per heavy atom. The van der Waals surface area contributed by atoms with E-state index in [1.54, 1.807) is 24.3 Å². The summed E-state index contributed by atoms with van der Waals surface area (Å²) in [5, 5.41) is 0.341. The number of benzene rings is 1. The number of esters is 1. The van der Waals surface area contributed by atoms with Gasteiger partial charge in [-0.15, -0.1) is 0 Å². The van der Waals surface area contributed by atoms with Crippen molar-refractivity contribution in [1.82, 2.24) is 9.97 Å². The van der Waals surface area contributed by atoms with Gasteiger partial charge in [0, 0.05) is 0 Å². The number of carbonyl (C=O) groups excluding carboxylic acids is 1. The monoisotopic (exact) mass is 236 g/mol. The Morgan fingerprint density at radius 1 is 1.47 bits per heavy atom. The Kier molecular flexibility index (Phi) is 2.86. The second-order valence-corrected chi connectivity index (χ2v) is 3.35. The van der Waals surface area contributed by atoms with Crippen LogP contribution in [0.4, 0.5) is 4.39 Å². The third kappa shape index (κ3) is 2.01. The van der Waals surface area contributed by atoms with Gasteiger partial charge in [0.05, 0.1) is 18.0 Å². The van der Waals surface area contributed by atoms with Crippen molar-refractivity contribution in [2.45, 2.75) is 6.17 Å². The predicted molar refractivity (Wildman–Crippen MR) is 58.2 cm³/mol. The number of aromatic nitrogens is 2. The fraction of sp³-hybridized carbons (Fsp3) is 0.182. The highest BCUT2D eigenvalue weighted by atomic mass is 19.1. The molecule has 1 aromatic carbocycles. The third-order valence-electron chi connectivity index (χ3n) is 2.28. The molecule has 0 saturated heterocycles.